The van der Waals surface area contributed by atoms with E-state index < -0.39 is 9.28 Å². The van der Waals surface area contributed by atoms with Crippen molar-refractivity contribution < 1.29 is 18.3 Å². The van der Waals surface area contributed by atoms with Crippen molar-refractivity contribution in [3.05, 3.63) is 0 Å². The molecule has 5 heteroatoms. The maximum absolute atomic E-state index is 5.95. The normalized spacial score (nSPS) is 21.5. The lowest BCUT2D eigenvalue weighted by Gasteiger charge is -2.33. The zero-order valence-electron chi connectivity index (χ0n) is 11.3. The summed E-state index contributed by atoms with van der Waals surface area (Å²) in [5.74, 6) is 0. The predicted octanol–water partition coefficient (Wildman–Crippen LogP) is 2.14. The zero-order valence-corrected chi connectivity index (χ0v) is 12.5. The van der Waals surface area contributed by atoms with Gasteiger partial charge in [-0.2, -0.15) is 0 Å². The Hall–Kier alpha value is 0.0569. The van der Waals surface area contributed by atoms with Gasteiger partial charge in [-0.1, -0.05) is 19.8 Å². The fraction of sp³-hybridized carbons (Fsp3) is 1.00. The van der Waals surface area contributed by atoms with Crippen LogP contribution in [0.1, 0.15) is 46.5 Å². The van der Waals surface area contributed by atoms with Gasteiger partial charge in [-0.05, 0) is 20.3 Å². The van der Waals surface area contributed by atoms with E-state index in [2.05, 4.69) is 6.92 Å². The smallest absolute Gasteiger partial charge is 0.351 e. The SMILES string of the molecule is CCCCC(OC1CCO1)[SiH](OCC)OCC. The molecule has 1 heterocycles. The first-order valence-electron chi connectivity index (χ1n) is 6.82. The second kappa shape index (κ2) is 9.05. The Balaban J connectivity index is 2.43. The summed E-state index contributed by atoms with van der Waals surface area (Å²) in [6.07, 6.45) is 4.33. The van der Waals surface area contributed by atoms with Gasteiger partial charge < -0.3 is 18.3 Å². The fourth-order valence-corrected chi connectivity index (χ4v) is 3.78. The van der Waals surface area contributed by atoms with Crippen LogP contribution < -0.4 is 0 Å². The predicted molar refractivity (Wildman–Crippen MR) is 69.2 cm³/mol. The standard InChI is InChI=1S/C12H26O4Si/c1-4-7-8-12(16-11-9-10-13-11)17(14-5-2)15-6-3/h11-12,17H,4-10H2,1-3H3. The van der Waals surface area contributed by atoms with Crippen molar-refractivity contribution in [3.8, 4) is 0 Å². The molecule has 1 saturated heterocycles. The zero-order chi connectivity index (χ0) is 12.5. The van der Waals surface area contributed by atoms with Gasteiger partial charge in [0, 0.05) is 19.6 Å². The van der Waals surface area contributed by atoms with E-state index in [0.29, 0.717) is 13.2 Å². The van der Waals surface area contributed by atoms with Crippen LogP contribution in [0.2, 0.25) is 0 Å². The molecule has 2 unspecified atom stereocenters. The number of rotatable bonds is 10. The second-order valence-electron chi connectivity index (χ2n) is 4.18. The maximum Gasteiger partial charge on any atom is 0.351 e. The largest absolute Gasteiger partial charge is 0.395 e. The summed E-state index contributed by atoms with van der Waals surface area (Å²) in [5.41, 5.74) is 0.125. The van der Waals surface area contributed by atoms with Gasteiger partial charge >= 0.3 is 9.28 Å². The summed E-state index contributed by atoms with van der Waals surface area (Å²) in [6.45, 7) is 8.43. The minimum Gasteiger partial charge on any atom is -0.395 e. The van der Waals surface area contributed by atoms with Crippen molar-refractivity contribution in [3.63, 3.8) is 0 Å². The summed E-state index contributed by atoms with van der Waals surface area (Å²) in [5, 5.41) is 0. The highest BCUT2D eigenvalue weighted by Gasteiger charge is 2.31. The molecule has 0 aliphatic carbocycles. The molecule has 0 amide bonds. The third-order valence-corrected chi connectivity index (χ3v) is 5.21. The Morgan fingerprint density at radius 3 is 2.29 bits per heavy atom. The van der Waals surface area contributed by atoms with Crippen LogP contribution >= 0.6 is 0 Å². The highest BCUT2D eigenvalue weighted by molar-refractivity contribution is 6.46. The number of unbranched alkanes of at least 4 members (excludes halogenated alkanes) is 1. The van der Waals surface area contributed by atoms with Gasteiger partial charge in [0.05, 0.1) is 6.61 Å². The van der Waals surface area contributed by atoms with Gasteiger partial charge in [0.1, 0.15) is 5.73 Å². The van der Waals surface area contributed by atoms with Gasteiger partial charge in [0.25, 0.3) is 0 Å². The van der Waals surface area contributed by atoms with E-state index in [1.165, 1.54) is 6.42 Å². The van der Waals surface area contributed by atoms with Crippen molar-refractivity contribution in [2.24, 2.45) is 0 Å². The lowest BCUT2D eigenvalue weighted by atomic mass is 10.2. The molecule has 1 aliphatic rings. The minimum atomic E-state index is -1.72. The molecule has 1 fully saturated rings. The molecule has 0 aromatic rings. The molecule has 0 N–H and O–H groups in total. The van der Waals surface area contributed by atoms with Crippen molar-refractivity contribution in [2.75, 3.05) is 19.8 Å². The van der Waals surface area contributed by atoms with Crippen molar-refractivity contribution in [1.29, 1.82) is 0 Å². The molecule has 0 bridgehead atoms. The third kappa shape index (κ3) is 5.48. The molecule has 102 valence electrons. The van der Waals surface area contributed by atoms with Crippen LogP contribution in [0.5, 0.6) is 0 Å². The van der Waals surface area contributed by atoms with E-state index in [1.807, 2.05) is 13.8 Å². The van der Waals surface area contributed by atoms with E-state index in [-0.39, 0.29) is 12.0 Å². The third-order valence-electron chi connectivity index (χ3n) is 2.79. The Morgan fingerprint density at radius 1 is 1.24 bits per heavy atom. The van der Waals surface area contributed by atoms with E-state index >= 15 is 0 Å². The summed E-state index contributed by atoms with van der Waals surface area (Å²) in [6, 6.07) is 0. The molecule has 4 nitrogen and oxygen atoms in total. The van der Waals surface area contributed by atoms with Crippen LogP contribution in [0.3, 0.4) is 0 Å². The molecule has 2 atom stereocenters. The average Bonchev–Trinajstić information content (AvgIpc) is 2.27. The van der Waals surface area contributed by atoms with Gasteiger partial charge in [-0.3, -0.25) is 0 Å². The van der Waals surface area contributed by atoms with E-state index in [9.17, 15) is 0 Å². The molecular weight excluding hydrogens is 236 g/mol. The Bertz CT molecular complexity index is 181. The van der Waals surface area contributed by atoms with Crippen molar-refractivity contribution in [2.45, 2.75) is 58.5 Å². The van der Waals surface area contributed by atoms with Crippen LogP contribution in [0.15, 0.2) is 0 Å². The summed E-state index contributed by atoms with van der Waals surface area (Å²) >= 11 is 0. The molecule has 0 spiro atoms. The summed E-state index contributed by atoms with van der Waals surface area (Å²) in [4.78, 5) is 0. The molecule has 0 radical (unpaired) electrons. The van der Waals surface area contributed by atoms with Gasteiger partial charge in [0.15, 0.2) is 6.29 Å². The van der Waals surface area contributed by atoms with Crippen molar-refractivity contribution >= 4 is 9.28 Å². The average molecular weight is 262 g/mol. The number of ether oxygens (including phenoxy) is 2. The molecule has 0 aromatic carbocycles. The fourth-order valence-electron chi connectivity index (χ4n) is 1.78. The highest BCUT2D eigenvalue weighted by Crippen LogP contribution is 2.19. The van der Waals surface area contributed by atoms with Crippen LogP contribution in [0.25, 0.3) is 0 Å². The maximum atomic E-state index is 5.95. The summed E-state index contributed by atoms with van der Waals surface area (Å²) < 4.78 is 22.8. The molecule has 1 aliphatic heterocycles. The van der Waals surface area contributed by atoms with Gasteiger partial charge in [0.2, 0.25) is 0 Å². The topological polar surface area (TPSA) is 36.9 Å². The lowest BCUT2D eigenvalue weighted by Crippen LogP contribution is -2.44. The Labute approximate surface area is 106 Å². The van der Waals surface area contributed by atoms with Crippen LogP contribution in [0.4, 0.5) is 0 Å². The first kappa shape index (κ1) is 15.1. The molecule has 1 rings (SSSR count). The molecule has 0 aromatic heterocycles. The van der Waals surface area contributed by atoms with Crippen LogP contribution in [-0.2, 0) is 18.3 Å². The first-order valence-corrected chi connectivity index (χ1v) is 8.43. The highest BCUT2D eigenvalue weighted by atomic mass is 28.3. The van der Waals surface area contributed by atoms with Crippen LogP contribution in [0, 0.1) is 0 Å². The van der Waals surface area contributed by atoms with E-state index in [1.54, 1.807) is 0 Å². The molecule has 17 heavy (non-hydrogen) atoms. The number of hydrogen-bond acceptors (Lipinski definition) is 4. The summed E-state index contributed by atoms with van der Waals surface area (Å²) in [7, 11) is -1.72. The lowest BCUT2D eigenvalue weighted by molar-refractivity contribution is -0.227. The monoisotopic (exact) mass is 262 g/mol. The van der Waals surface area contributed by atoms with Gasteiger partial charge in [-0.25, -0.2) is 0 Å². The first-order chi connectivity index (χ1) is 8.31. The quantitative estimate of drug-likeness (QED) is 0.565. The van der Waals surface area contributed by atoms with E-state index in [0.717, 1.165) is 25.9 Å². The Kier molecular flexibility index (Phi) is 8.05. The molecular formula is C12H26O4Si. The Morgan fingerprint density at radius 2 is 1.88 bits per heavy atom. The van der Waals surface area contributed by atoms with Crippen molar-refractivity contribution in [1.82, 2.24) is 0 Å². The van der Waals surface area contributed by atoms with Gasteiger partial charge in [-0.15, -0.1) is 0 Å². The number of hydrogen-bond donors (Lipinski definition) is 0. The minimum absolute atomic E-state index is 0.0206. The van der Waals surface area contributed by atoms with E-state index in [4.69, 9.17) is 18.3 Å². The van der Waals surface area contributed by atoms with Crippen LogP contribution in [-0.4, -0.2) is 41.1 Å². The second-order valence-corrected chi connectivity index (χ2v) is 6.33. The molecule has 0 saturated carbocycles.